The molecule has 0 unspecified atom stereocenters. The second kappa shape index (κ2) is 5.35. The molecule has 130 valence electrons. The predicted molar refractivity (Wildman–Crippen MR) is 92.4 cm³/mol. The van der Waals surface area contributed by atoms with Crippen LogP contribution in [0.2, 0.25) is 0 Å². The first-order valence-electron chi connectivity index (χ1n) is 9.21. The fourth-order valence-electron chi connectivity index (χ4n) is 5.79. The molecule has 0 aliphatic heterocycles. The monoisotopic (exact) mass is 338 g/mol. The van der Waals surface area contributed by atoms with Gasteiger partial charge in [-0.05, 0) is 68.4 Å². The highest BCUT2D eigenvalue weighted by molar-refractivity contribution is 5.97. The number of rotatable bonds is 2. The van der Waals surface area contributed by atoms with Gasteiger partial charge in [0, 0.05) is 5.39 Å². The molecule has 2 aromatic rings. The number of furan rings is 1. The summed E-state index contributed by atoms with van der Waals surface area (Å²) in [4.78, 5) is 25.2. The van der Waals surface area contributed by atoms with Gasteiger partial charge in [0.2, 0.25) is 5.91 Å². The van der Waals surface area contributed by atoms with Crippen LogP contribution in [0.15, 0.2) is 34.7 Å². The van der Waals surface area contributed by atoms with E-state index >= 15 is 0 Å². The maximum atomic E-state index is 12.8. The largest absolute Gasteiger partial charge is 0.451 e. The van der Waals surface area contributed by atoms with Gasteiger partial charge < -0.3 is 4.42 Å². The zero-order valence-electron chi connectivity index (χ0n) is 14.1. The average Bonchev–Trinajstić information content (AvgIpc) is 3.02. The van der Waals surface area contributed by atoms with Crippen molar-refractivity contribution in [1.29, 1.82) is 0 Å². The van der Waals surface area contributed by atoms with Gasteiger partial charge in [-0.15, -0.1) is 0 Å². The van der Waals surface area contributed by atoms with Crippen molar-refractivity contribution in [1.82, 2.24) is 10.9 Å². The second-order valence-corrected chi connectivity index (χ2v) is 8.25. The van der Waals surface area contributed by atoms with E-state index in [9.17, 15) is 9.59 Å². The summed E-state index contributed by atoms with van der Waals surface area (Å²) in [5.74, 6) is 1.88. The van der Waals surface area contributed by atoms with Crippen LogP contribution in [0, 0.1) is 23.2 Å². The number of para-hydroxylation sites is 1. The summed E-state index contributed by atoms with van der Waals surface area (Å²) in [7, 11) is 0. The lowest BCUT2D eigenvalue weighted by Crippen LogP contribution is -2.56. The van der Waals surface area contributed by atoms with E-state index in [-0.39, 0.29) is 17.1 Å². The van der Waals surface area contributed by atoms with Crippen LogP contribution >= 0.6 is 0 Å². The Hall–Kier alpha value is -2.30. The van der Waals surface area contributed by atoms with E-state index in [0.29, 0.717) is 23.3 Å². The van der Waals surface area contributed by atoms with Crippen molar-refractivity contribution >= 4 is 22.8 Å². The summed E-state index contributed by atoms with van der Waals surface area (Å²) >= 11 is 0. The van der Waals surface area contributed by atoms with Gasteiger partial charge in [-0.2, -0.15) is 0 Å². The Kier molecular flexibility index (Phi) is 3.21. The first-order chi connectivity index (χ1) is 12.1. The molecule has 25 heavy (non-hydrogen) atoms. The molecule has 1 aromatic heterocycles. The lowest BCUT2D eigenvalue weighted by atomic mass is 9.49. The minimum absolute atomic E-state index is 0.0175. The molecular formula is C20H22N2O3. The van der Waals surface area contributed by atoms with Gasteiger partial charge in [-0.25, -0.2) is 0 Å². The zero-order valence-corrected chi connectivity index (χ0v) is 14.1. The highest BCUT2D eigenvalue weighted by atomic mass is 16.3. The highest BCUT2D eigenvalue weighted by Crippen LogP contribution is 2.60. The first kappa shape index (κ1) is 15.0. The molecular weight excluding hydrogens is 316 g/mol. The summed E-state index contributed by atoms with van der Waals surface area (Å²) < 4.78 is 5.55. The van der Waals surface area contributed by atoms with Crippen molar-refractivity contribution in [3.63, 3.8) is 0 Å². The quantitative estimate of drug-likeness (QED) is 0.824. The number of hydrogen-bond acceptors (Lipinski definition) is 3. The molecule has 1 aromatic carbocycles. The van der Waals surface area contributed by atoms with E-state index in [1.54, 1.807) is 6.07 Å². The van der Waals surface area contributed by atoms with Crippen molar-refractivity contribution in [3.05, 3.63) is 36.1 Å². The van der Waals surface area contributed by atoms with E-state index in [0.717, 1.165) is 24.6 Å². The molecule has 5 heteroatoms. The fraction of sp³-hybridized carbons (Fsp3) is 0.500. The molecule has 4 aliphatic rings. The molecule has 2 amide bonds. The van der Waals surface area contributed by atoms with E-state index in [4.69, 9.17) is 4.42 Å². The van der Waals surface area contributed by atoms with Crippen LogP contribution in [0.3, 0.4) is 0 Å². The van der Waals surface area contributed by atoms with Crippen molar-refractivity contribution in [2.45, 2.75) is 38.5 Å². The highest BCUT2D eigenvalue weighted by Gasteiger charge is 2.54. The third-order valence-corrected chi connectivity index (χ3v) is 6.46. The molecule has 0 atom stereocenters. The van der Waals surface area contributed by atoms with Gasteiger partial charge in [0.1, 0.15) is 5.58 Å². The number of amides is 2. The van der Waals surface area contributed by atoms with Crippen molar-refractivity contribution in [3.8, 4) is 0 Å². The molecule has 5 nitrogen and oxygen atoms in total. The predicted octanol–water partition coefficient (Wildman–Crippen LogP) is 3.41. The second-order valence-electron chi connectivity index (χ2n) is 8.25. The van der Waals surface area contributed by atoms with Gasteiger partial charge >= 0.3 is 5.91 Å². The van der Waals surface area contributed by atoms with Crippen LogP contribution in [0.1, 0.15) is 49.1 Å². The lowest BCUT2D eigenvalue weighted by molar-refractivity contribution is -0.147. The summed E-state index contributed by atoms with van der Waals surface area (Å²) in [5.41, 5.74) is 5.64. The molecule has 2 N–H and O–H groups in total. The topological polar surface area (TPSA) is 71.3 Å². The Morgan fingerprint density at radius 3 is 2.24 bits per heavy atom. The summed E-state index contributed by atoms with van der Waals surface area (Å²) in [6.45, 7) is 0. The number of nitrogens with one attached hydrogen (secondary N) is 2. The normalized spacial score (nSPS) is 32.7. The number of hydrazine groups is 1. The third kappa shape index (κ3) is 2.44. The van der Waals surface area contributed by atoms with Gasteiger partial charge in [0.25, 0.3) is 0 Å². The van der Waals surface area contributed by atoms with Crippen LogP contribution in [0.25, 0.3) is 11.0 Å². The molecule has 1 heterocycles. The van der Waals surface area contributed by atoms with E-state index < -0.39 is 5.91 Å². The van der Waals surface area contributed by atoms with E-state index in [1.807, 2.05) is 24.3 Å². The van der Waals surface area contributed by atoms with Crippen LogP contribution in [-0.2, 0) is 4.79 Å². The Morgan fingerprint density at radius 1 is 0.960 bits per heavy atom. The van der Waals surface area contributed by atoms with Gasteiger partial charge in [0.15, 0.2) is 5.76 Å². The Bertz CT molecular complexity index is 785. The van der Waals surface area contributed by atoms with Gasteiger partial charge in [-0.1, -0.05) is 18.2 Å². The average molecular weight is 338 g/mol. The molecule has 4 saturated carbocycles. The fourth-order valence-corrected chi connectivity index (χ4v) is 5.79. The molecule has 4 aliphatic carbocycles. The maximum absolute atomic E-state index is 12.8. The standard InChI is InChI=1S/C20H22N2O3/c23-18(17-8-15-3-1-2-4-16(15)25-17)21-22-19(24)20-9-12-5-13(10-20)7-14(6-12)11-20/h1-4,8,12-14H,5-7,9-11H2,(H,21,23)(H,22,24). The zero-order chi connectivity index (χ0) is 17.0. The SMILES string of the molecule is O=C(NNC(=O)C12CC3CC(CC(C3)C1)C2)c1cc2ccccc2o1. The molecule has 0 saturated heterocycles. The Morgan fingerprint density at radius 2 is 1.60 bits per heavy atom. The number of carbonyl (C=O) groups is 2. The van der Waals surface area contributed by atoms with Crippen molar-refractivity contribution < 1.29 is 14.0 Å². The minimum Gasteiger partial charge on any atom is -0.451 e. The Labute approximate surface area is 146 Å². The summed E-state index contributed by atoms with van der Waals surface area (Å²) in [6.07, 6.45) is 6.80. The summed E-state index contributed by atoms with van der Waals surface area (Å²) in [5, 5.41) is 0.875. The molecule has 6 rings (SSSR count). The van der Waals surface area contributed by atoms with Crippen LogP contribution in [-0.4, -0.2) is 11.8 Å². The van der Waals surface area contributed by atoms with Crippen LogP contribution in [0.5, 0.6) is 0 Å². The van der Waals surface area contributed by atoms with Gasteiger partial charge in [-0.3, -0.25) is 20.4 Å². The van der Waals surface area contributed by atoms with E-state index in [1.165, 1.54) is 19.3 Å². The number of hydrogen-bond donors (Lipinski definition) is 2. The van der Waals surface area contributed by atoms with Crippen molar-refractivity contribution in [2.75, 3.05) is 0 Å². The third-order valence-electron chi connectivity index (χ3n) is 6.46. The smallest absolute Gasteiger partial charge is 0.305 e. The maximum Gasteiger partial charge on any atom is 0.305 e. The minimum atomic E-state index is -0.408. The van der Waals surface area contributed by atoms with E-state index in [2.05, 4.69) is 10.9 Å². The molecule has 0 spiro atoms. The molecule has 4 fully saturated rings. The number of fused-ring (bicyclic) bond motifs is 1. The summed E-state index contributed by atoms with van der Waals surface area (Å²) in [6, 6.07) is 9.17. The van der Waals surface area contributed by atoms with Crippen molar-refractivity contribution in [2.24, 2.45) is 23.2 Å². The van der Waals surface area contributed by atoms with Gasteiger partial charge in [0.05, 0.1) is 5.41 Å². The Balaban J connectivity index is 1.28. The molecule has 0 radical (unpaired) electrons. The van der Waals surface area contributed by atoms with Crippen LogP contribution < -0.4 is 10.9 Å². The van der Waals surface area contributed by atoms with Crippen LogP contribution in [0.4, 0.5) is 0 Å². The molecule has 4 bridgehead atoms. The first-order valence-corrected chi connectivity index (χ1v) is 9.21. The lowest BCUT2D eigenvalue weighted by Gasteiger charge is -2.55. The number of carbonyl (C=O) groups excluding carboxylic acids is 2. The number of benzene rings is 1.